The van der Waals surface area contributed by atoms with Gasteiger partial charge in [0, 0.05) is 0 Å². The molecule has 1 fully saturated rings. The maximum Gasteiger partial charge on any atom is 0.254 e. The average Bonchev–Trinajstić information content (AvgIpc) is 2.80. The Morgan fingerprint density at radius 1 is 1.21 bits per heavy atom. The van der Waals surface area contributed by atoms with E-state index in [1.807, 2.05) is 6.92 Å². The number of aromatic nitrogens is 3. The molecule has 0 aliphatic carbocycles. The summed E-state index contributed by atoms with van der Waals surface area (Å²) >= 11 is 0. The van der Waals surface area contributed by atoms with Gasteiger partial charge in [0.25, 0.3) is 6.85 Å². The van der Waals surface area contributed by atoms with Crippen LogP contribution in [-0.2, 0) is 5.54 Å². The number of rotatable bonds is 0. The summed E-state index contributed by atoms with van der Waals surface area (Å²) in [5.74, 6) is 1.90. The van der Waals surface area contributed by atoms with Crippen molar-refractivity contribution in [3.63, 3.8) is 0 Å². The lowest BCUT2D eigenvalue weighted by atomic mass is 9.30. The van der Waals surface area contributed by atoms with Gasteiger partial charge < -0.3 is 9.62 Å². The normalized spacial score (nSPS) is 29.7. The second kappa shape index (κ2) is 3.78. The molecule has 2 unspecified atom stereocenters. The Balaban J connectivity index is 2.15. The van der Waals surface area contributed by atoms with Crippen molar-refractivity contribution >= 4 is 19.6 Å². The van der Waals surface area contributed by atoms with Crippen molar-refractivity contribution in [2.75, 3.05) is 11.9 Å². The minimum absolute atomic E-state index is 0.0476. The minimum Gasteiger partial charge on any atom is -0.370 e. The van der Waals surface area contributed by atoms with Crippen molar-refractivity contribution in [1.29, 1.82) is 0 Å². The topological polar surface area (TPSA) is 37.2 Å². The molecule has 1 aromatic rings. The second-order valence-electron chi connectivity index (χ2n) is 6.81. The Morgan fingerprint density at radius 2 is 1.84 bits per heavy atom. The molecule has 0 bridgehead atoms. The van der Waals surface area contributed by atoms with Crippen LogP contribution in [-0.4, -0.2) is 46.5 Å². The highest BCUT2D eigenvalue weighted by atomic mass is 15.6. The van der Waals surface area contributed by atoms with Gasteiger partial charge in [-0.05, 0) is 27.8 Å². The van der Waals surface area contributed by atoms with Crippen LogP contribution in [0.3, 0.4) is 0 Å². The van der Waals surface area contributed by atoms with Crippen LogP contribution in [0, 0.1) is 6.92 Å². The first-order chi connectivity index (χ1) is 8.76. The van der Waals surface area contributed by atoms with Gasteiger partial charge in [0.2, 0.25) is 12.8 Å². The SMILES string of the molecule is CB1C(C)B(C)N2c3nc(C)nn3C(C)(C)C2N1C. The summed E-state index contributed by atoms with van der Waals surface area (Å²) in [4.78, 5) is 9.61. The summed E-state index contributed by atoms with van der Waals surface area (Å²) in [6, 6.07) is 0. The van der Waals surface area contributed by atoms with Crippen LogP contribution >= 0.6 is 0 Å². The van der Waals surface area contributed by atoms with E-state index in [1.54, 1.807) is 0 Å². The molecule has 2 aliphatic heterocycles. The third kappa shape index (κ3) is 1.48. The van der Waals surface area contributed by atoms with Gasteiger partial charge in [-0.15, -0.1) is 0 Å². The lowest BCUT2D eigenvalue weighted by molar-refractivity contribution is 0.201. The molecular weight excluding hydrogens is 236 g/mol. The number of aryl methyl sites for hydroxylation is 1. The lowest BCUT2D eigenvalue weighted by Crippen LogP contribution is -2.68. The molecule has 0 aromatic carbocycles. The van der Waals surface area contributed by atoms with Gasteiger partial charge in [0.05, 0.1) is 11.7 Å². The maximum absolute atomic E-state index is 4.67. The minimum atomic E-state index is -0.0476. The summed E-state index contributed by atoms with van der Waals surface area (Å²) in [5.41, 5.74) is 0.564. The van der Waals surface area contributed by atoms with Crippen molar-refractivity contribution < 1.29 is 0 Å². The van der Waals surface area contributed by atoms with Crippen LogP contribution in [0.25, 0.3) is 0 Å². The van der Waals surface area contributed by atoms with Crippen molar-refractivity contribution in [3.8, 4) is 0 Å². The van der Waals surface area contributed by atoms with Crippen molar-refractivity contribution in [1.82, 2.24) is 19.6 Å². The average molecular weight is 259 g/mol. The number of hydrogen-bond acceptors (Lipinski definition) is 4. The molecule has 0 radical (unpaired) electrons. The van der Waals surface area contributed by atoms with E-state index in [4.69, 9.17) is 0 Å². The highest BCUT2D eigenvalue weighted by molar-refractivity contribution is 6.80. The third-order valence-electron chi connectivity index (χ3n) is 5.36. The van der Waals surface area contributed by atoms with Crippen molar-refractivity contribution in [2.45, 2.75) is 58.8 Å². The number of anilines is 1. The van der Waals surface area contributed by atoms with Crippen molar-refractivity contribution in [2.24, 2.45) is 0 Å². The Morgan fingerprint density at radius 3 is 2.47 bits per heavy atom. The molecule has 102 valence electrons. The Kier molecular flexibility index (Phi) is 2.59. The van der Waals surface area contributed by atoms with Gasteiger partial charge in [-0.3, -0.25) is 0 Å². The first-order valence-corrected chi connectivity index (χ1v) is 7.21. The first-order valence-electron chi connectivity index (χ1n) is 7.21. The van der Waals surface area contributed by atoms with Gasteiger partial charge in [-0.1, -0.05) is 26.3 Å². The molecule has 3 rings (SSSR count). The van der Waals surface area contributed by atoms with E-state index in [0.717, 1.165) is 11.8 Å². The zero-order valence-corrected chi connectivity index (χ0v) is 13.0. The number of fused-ring (bicyclic) bond motifs is 3. The standard InChI is InChI=1S/C12H23B2N5/c1-8-13(5)17(7)10-12(3,4)19-11(15-9(2)16-19)18(10)14(8)6/h8,10H,1-7H3. The van der Waals surface area contributed by atoms with Gasteiger partial charge in [0.1, 0.15) is 5.82 Å². The van der Waals surface area contributed by atoms with Gasteiger partial charge in [-0.25, -0.2) is 4.68 Å². The lowest BCUT2D eigenvalue weighted by Gasteiger charge is -2.50. The van der Waals surface area contributed by atoms with Crippen LogP contribution in [0.15, 0.2) is 0 Å². The van der Waals surface area contributed by atoms with E-state index in [1.165, 1.54) is 0 Å². The molecule has 0 spiro atoms. The Hall–Kier alpha value is -0.970. The van der Waals surface area contributed by atoms with Gasteiger partial charge in [0.15, 0.2) is 0 Å². The molecule has 0 amide bonds. The fourth-order valence-electron chi connectivity index (χ4n) is 3.87. The highest BCUT2D eigenvalue weighted by Crippen LogP contribution is 2.44. The smallest absolute Gasteiger partial charge is 0.254 e. The number of hydrogen-bond donors (Lipinski definition) is 0. The summed E-state index contributed by atoms with van der Waals surface area (Å²) in [6.07, 6.45) is 0.337. The van der Waals surface area contributed by atoms with Crippen LogP contribution in [0.2, 0.25) is 19.4 Å². The van der Waals surface area contributed by atoms with E-state index in [0.29, 0.717) is 25.6 Å². The fraction of sp³-hybridized carbons (Fsp3) is 0.833. The van der Waals surface area contributed by atoms with Crippen LogP contribution < -0.4 is 4.81 Å². The molecule has 2 atom stereocenters. The molecule has 0 saturated carbocycles. The van der Waals surface area contributed by atoms with Crippen LogP contribution in [0.4, 0.5) is 5.95 Å². The molecule has 3 heterocycles. The van der Waals surface area contributed by atoms with E-state index in [-0.39, 0.29) is 5.54 Å². The first kappa shape index (κ1) is 13.0. The molecule has 0 N–H and O–H groups in total. The Labute approximate surface area is 116 Å². The van der Waals surface area contributed by atoms with Gasteiger partial charge in [-0.2, -0.15) is 10.1 Å². The molecule has 19 heavy (non-hydrogen) atoms. The van der Waals surface area contributed by atoms with Crippen LogP contribution in [0.1, 0.15) is 26.6 Å². The largest absolute Gasteiger partial charge is 0.370 e. The van der Waals surface area contributed by atoms with E-state index in [9.17, 15) is 0 Å². The summed E-state index contributed by atoms with van der Waals surface area (Å²) in [7, 11) is 2.23. The monoisotopic (exact) mass is 259 g/mol. The molecule has 7 heteroatoms. The fourth-order valence-corrected chi connectivity index (χ4v) is 3.87. The zero-order valence-electron chi connectivity index (χ0n) is 13.0. The second-order valence-corrected chi connectivity index (χ2v) is 6.81. The summed E-state index contributed by atoms with van der Waals surface area (Å²) in [5, 5.41) is 4.62. The summed E-state index contributed by atoms with van der Waals surface area (Å²) < 4.78 is 2.12. The van der Waals surface area contributed by atoms with Crippen LogP contribution in [0.5, 0.6) is 0 Å². The summed E-state index contributed by atoms with van der Waals surface area (Å²) in [6.45, 7) is 14.5. The van der Waals surface area contributed by atoms with Gasteiger partial charge >= 0.3 is 0 Å². The molecule has 2 aliphatic rings. The Bertz CT molecular complexity index is 514. The van der Waals surface area contributed by atoms with E-state index >= 15 is 0 Å². The van der Waals surface area contributed by atoms with Crippen molar-refractivity contribution in [3.05, 3.63) is 5.82 Å². The molecule has 5 nitrogen and oxygen atoms in total. The molecular formula is C12H23B2N5. The van der Waals surface area contributed by atoms with E-state index in [2.05, 4.69) is 65.9 Å². The predicted molar refractivity (Wildman–Crippen MR) is 80.8 cm³/mol. The maximum atomic E-state index is 4.67. The quantitative estimate of drug-likeness (QED) is 0.663. The molecule has 1 saturated heterocycles. The predicted octanol–water partition coefficient (Wildman–Crippen LogP) is 1.59. The highest BCUT2D eigenvalue weighted by Gasteiger charge is 2.56. The third-order valence-corrected chi connectivity index (χ3v) is 5.36. The molecule has 1 aromatic heterocycles. The number of nitrogens with zero attached hydrogens (tertiary/aromatic N) is 5. The van der Waals surface area contributed by atoms with E-state index < -0.39 is 0 Å². The number of likely N-dealkylation sites (N-methyl/N-ethyl adjacent to an activating group) is 1. The zero-order chi connectivity index (χ0) is 14.1.